The highest BCUT2D eigenvalue weighted by molar-refractivity contribution is 7.13. The normalized spacial score (nSPS) is 18.0. The van der Waals surface area contributed by atoms with Gasteiger partial charge in [-0.1, -0.05) is 11.6 Å². The van der Waals surface area contributed by atoms with E-state index in [4.69, 9.17) is 11.6 Å². The van der Waals surface area contributed by atoms with E-state index in [2.05, 4.69) is 9.88 Å². The molecule has 132 valence electrons. The number of benzene rings is 1. The first-order chi connectivity index (χ1) is 12.2. The van der Waals surface area contributed by atoms with Crippen LogP contribution in [0, 0.1) is 0 Å². The summed E-state index contributed by atoms with van der Waals surface area (Å²) in [5.74, 6) is 0. The number of aryl methyl sites for hydroxylation is 1. The molecule has 1 saturated heterocycles. The Morgan fingerprint density at radius 3 is 2.72 bits per heavy atom. The number of nitrogens with zero attached hydrogens (tertiary/aromatic N) is 4. The second-order valence-corrected chi connectivity index (χ2v) is 7.76. The predicted molar refractivity (Wildman–Crippen MR) is 103 cm³/mol. The number of piperazine rings is 1. The molecule has 1 aromatic carbocycles. The number of fused-ring (bicyclic) bond motifs is 1. The first-order valence-corrected chi connectivity index (χ1v) is 9.97. The van der Waals surface area contributed by atoms with E-state index in [1.807, 2.05) is 39.6 Å². The second-order valence-electron chi connectivity index (χ2n) is 6.45. The largest absolute Gasteiger partial charge is 0.345 e. The first-order valence-electron chi connectivity index (χ1n) is 8.72. The Hall–Kier alpha value is -1.79. The highest BCUT2D eigenvalue weighted by Gasteiger charge is 2.28. The van der Waals surface area contributed by atoms with Gasteiger partial charge >= 0.3 is 6.03 Å². The van der Waals surface area contributed by atoms with Crippen molar-refractivity contribution in [3.63, 3.8) is 0 Å². The fraction of sp³-hybridized carbons (Fsp3) is 0.444. The van der Waals surface area contributed by atoms with Crippen LogP contribution in [-0.4, -0.2) is 48.6 Å². The van der Waals surface area contributed by atoms with Crippen molar-refractivity contribution in [2.45, 2.75) is 19.3 Å². The summed E-state index contributed by atoms with van der Waals surface area (Å²) in [5, 5.41) is 3.78. The molecule has 4 rings (SSSR count). The molecule has 7 heteroatoms. The summed E-state index contributed by atoms with van der Waals surface area (Å²) in [4.78, 5) is 23.7. The zero-order valence-corrected chi connectivity index (χ0v) is 15.6. The number of rotatable bonds is 1. The predicted octanol–water partition coefficient (Wildman–Crippen LogP) is 3.88. The van der Waals surface area contributed by atoms with Crippen molar-refractivity contribution < 1.29 is 4.79 Å². The van der Waals surface area contributed by atoms with Gasteiger partial charge in [-0.3, -0.25) is 4.90 Å². The molecule has 0 atom stereocenters. The number of carbonyl (C=O) groups excluding carboxylic acids is 1. The van der Waals surface area contributed by atoms with Crippen molar-refractivity contribution >= 4 is 39.8 Å². The molecular formula is C18H21ClN4OS. The van der Waals surface area contributed by atoms with Crippen LogP contribution < -0.4 is 9.80 Å². The number of hydrogen-bond donors (Lipinski definition) is 0. The van der Waals surface area contributed by atoms with Gasteiger partial charge in [0.25, 0.3) is 0 Å². The van der Waals surface area contributed by atoms with Gasteiger partial charge in [0.2, 0.25) is 0 Å². The highest BCUT2D eigenvalue weighted by atomic mass is 35.5. The van der Waals surface area contributed by atoms with Gasteiger partial charge in [0, 0.05) is 55.0 Å². The van der Waals surface area contributed by atoms with Crippen LogP contribution in [0.15, 0.2) is 29.8 Å². The molecule has 25 heavy (non-hydrogen) atoms. The lowest BCUT2D eigenvalue weighted by molar-refractivity contribution is 0.201. The molecule has 1 aromatic heterocycles. The first kappa shape index (κ1) is 16.7. The van der Waals surface area contributed by atoms with Crippen molar-refractivity contribution in [1.29, 1.82) is 0 Å². The van der Waals surface area contributed by atoms with Crippen molar-refractivity contribution in [1.82, 2.24) is 9.88 Å². The Bertz CT molecular complexity index is 744. The molecule has 2 aromatic rings. The topological polar surface area (TPSA) is 39.7 Å². The van der Waals surface area contributed by atoms with E-state index in [1.54, 1.807) is 11.3 Å². The molecular weight excluding hydrogens is 356 g/mol. The number of urea groups is 1. The summed E-state index contributed by atoms with van der Waals surface area (Å²) in [6.07, 6.45) is 4.93. The van der Waals surface area contributed by atoms with E-state index in [-0.39, 0.29) is 6.03 Å². The fourth-order valence-electron chi connectivity index (χ4n) is 3.55. The van der Waals surface area contributed by atoms with Crippen LogP contribution in [0.2, 0.25) is 5.02 Å². The van der Waals surface area contributed by atoms with Gasteiger partial charge in [0.05, 0.1) is 0 Å². The summed E-state index contributed by atoms with van der Waals surface area (Å²) in [6.45, 7) is 3.91. The molecule has 0 unspecified atom stereocenters. The third-order valence-corrected chi connectivity index (χ3v) is 5.95. The standard InChI is InChI=1S/C18H21ClN4OS/c19-15-4-5-16-14(13-15)3-1-2-7-23(16)18(24)22-10-8-21(9-11-22)17-20-6-12-25-17/h4-6,12-13H,1-3,7-11H2. The van der Waals surface area contributed by atoms with Crippen LogP contribution in [0.5, 0.6) is 0 Å². The van der Waals surface area contributed by atoms with Crippen molar-refractivity contribution in [2.75, 3.05) is 42.5 Å². The van der Waals surface area contributed by atoms with E-state index in [0.717, 1.165) is 67.8 Å². The Labute approximate surface area is 156 Å². The zero-order chi connectivity index (χ0) is 17.2. The van der Waals surface area contributed by atoms with Crippen molar-refractivity contribution in [3.05, 3.63) is 40.4 Å². The Morgan fingerprint density at radius 2 is 1.96 bits per heavy atom. The minimum Gasteiger partial charge on any atom is -0.345 e. The van der Waals surface area contributed by atoms with Crippen LogP contribution in [0.25, 0.3) is 0 Å². The maximum atomic E-state index is 13.1. The van der Waals surface area contributed by atoms with Gasteiger partial charge in [0.1, 0.15) is 0 Å². The summed E-state index contributed by atoms with van der Waals surface area (Å²) in [6, 6.07) is 5.99. The minimum absolute atomic E-state index is 0.115. The number of carbonyl (C=O) groups is 1. The third-order valence-electron chi connectivity index (χ3n) is 4.88. The quantitative estimate of drug-likeness (QED) is 0.758. The zero-order valence-electron chi connectivity index (χ0n) is 14.0. The number of aromatic nitrogens is 1. The summed E-state index contributed by atoms with van der Waals surface area (Å²) >= 11 is 7.80. The molecule has 0 spiro atoms. The Morgan fingerprint density at radius 1 is 1.12 bits per heavy atom. The van der Waals surface area contributed by atoms with Crippen molar-refractivity contribution in [2.24, 2.45) is 0 Å². The number of amides is 2. The molecule has 0 N–H and O–H groups in total. The Balaban J connectivity index is 1.48. The molecule has 0 bridgehead atoms. The number of thiazole rings is 1. The van der Waals surface area contributed by atoms with Gasteiger partial charge in [-0.2, -0.15) is 0 Å². The van der Waals surface area contributed by atoms with E-state index in [0.29, 0.717) is 0 Å². The maximum Gasteiger partial charge on any atom is 0.324 e. The lowest BCUT2D eigenvalue weighted by Gasteiger charge is -2.37. The van der Waals surface area contributed by atoms with E-state index >= 15 is 0 Å². The molecule has 5 nitrogen and oxygen atoms in total. The van der Waals surface area contributed by atoms with Crippen LogP contribution in [0.3, 0.4) is 0 Å². The van der Waals surface area contributed by atoms with Gasteiger partial charge in [-0.25, -0.2) is 9.78 Å². The highest BCUT2D eigenvalue weighted by Crippen LogP contribution is 2.30. The van der Waals surface area contributed by atoms with Gasteiger partial charge in [0.15, 0.2) is 5.13 Å². The lowest BCUT2D eigenvalue weighted by Crippen LogP contribution is -2.53. The van der Waals surface area contributed by atoms with Crippen LogP contribution in [-0.2, 0) is 6.42 Å². The monoisotopic (exact) mass is 376 g/mol. The maximum absolute atomic E-state index is 13.1. The van der Waals surface area contributed by atoms with Crippen LogP contribution in [0.4, 0.5) is 15.6 Å². The van der Waals surface area contributed by atoms with Crippen LogP contribution in [0.1, 0.15) is 18.4 Å². The number of anilines is 2. The molecule has 1 fully saturated rings. The number of halogens is 1. The molecule has 3 heterocycles. The van der Waals surface area contributed by atoms with Crippen LogP contribution >= 0.6 is 22.9 Å². The van der Waals surface area contributed by atoms with Gasteiger partial charge in [-0.15, -0.1) is 11.3 Å². The summed E-state index contributed by atoms with van der Waals surface area (Å²) in [5.41, 5.74) is 2.20. The molecule has 0 saturated carbocycles. The Kier molecular flexibility index (Phi) is 4.81. The van der Waals surface area contributed by atoms with E-state index < -0.39 is 0 Å². The minimum atomic E-state index is 0.115. The molecule has 0 aliphatic carbocycles. The van der Waals surface area contributed by atoms with E-state index in [1.165, 1.54) is 5.56 Å². The van der Waals surface area contributed by atoms with Gasteiger partial charge < -0.3 is 9.80 Å². The molecule has 2 aliphatic rings. The summed E-state index contributed by atoms with van der Waals surface area (Å²) < 4.78 is 0. The van der Waals surface area contributed by atoms with Gasteiger partial charge in [-0.05, 0) is 43.0 Å². The van der Waals surface area contributed by atoms with E-state index in [9.17, 15) is 4.79 Å². The smallest absolute Gasteiger partial charge is 0.324 e. The van der Waals surface area contributed by atoms with Crippen molar-refractivity contribution in [3.8, 4) is 0 Å². The summed E-state index contributed by atoms with van der Waals surface area (Å²) in [7, 11) is 0. The molecule has 2 aliphatic heterocycles. The average molecular weight is 377 g/mol. The average Bonchev–Trinajstić information content (AvgIpc) is 3.09. The third kappa shape index (κ3) is 3.46. The molecule has 2 amide bonds. The SMILES string of the molecule is O=C(N1CCN(c2nccs2)CC1)N1CCCCc2cc(Cl)ccc21. The second kappa shape index (κ2) is 7.22. The lowest BCUT2D eigenvalue weighted by atomic mass is 10.1. The molecule has 0 radical (unpaired) electrons. The number of hydrogen-bond acceptors (Lipinski definition) is 4. The fourth-order valence-corrected chi connectivity index (χ4v) is 4.45.